The number of unbranched alkanes of at least 4 members (excludes halogenated alkanes) is 1. The number of hydrogen-bond acceptors (Lipinski definition) is 6. The maximum Gasteiger partial charge on any atom is 0.267 e. The Kier molecular flexibility index (Phi) is 8.92. The number of rotatable bonds is 9. The van der Waals surface area contributed by atoms with Gasteiger partial charge in [0.2, 0.25) is 0 Å². The van der Waals surface area contributed by atoms with Crippen molar-refractivity contribution in [2.45, 2.75) is 32.4 Å². The van der Waals surface area contributed by atoms with E-state index in [0.29, 0.717) is 23.4 Å². The topological polar surface area (TPSA) is 130 Å². The van der Waals surface area contributed by atoms with E-state index >= 15 is 0 Å². The first-order chi connectivity index (χ1) is 14.1. The van der Waals surface area contributed by atoms with Gasteiger partial charge in [0.15, 0.2) is 5.76 Å². The SMILES string of the molecule is CCCCNCc1ccc(C#Cc2ccc(C(=O)NC(CN)C(=O)NO)cc2)o1. The van der Waals surface area contributed by atoms with Crippen molar-refractivity contribution in [3.63, 3.8) is 0 Å². The Hall–Kier alpha value is -3.12. The molecule has 0 bridgehead atoms. The summed E-state index contributed by atoms with van der Waals surface area (Å²) in [5.74, 6) is 6.08. The fourth-order valence-electron chi connectivity index (χ4n) is 2.44. The highest BCUT2D eigenvalue weighted by molar-refractivity contribution is 5.97. The summed E-state index contributed by atoms with van der Waals surface area (Å²) in [6, 6.07) is 9.28. The van der Waals surface area contributed by atoms with Gasteiger partial charge in [-0.25, -0.2) is 5.48 Å². The van der Waals surface area contributed by atoms with E-state index in [1.165, 1.54) is 5.48 Å². The van der Waals surface area contributed by atoms with Crippen molar-refractivity contribution >= 4 is 11.8 Å². The number of benzene rings is 1. The summed E-state index contributed by atoms with van der Waals surface area (Å²) in [5, 5.41) is 14.4. The number of hydroxylamine groups is 1. The standard InChI is InChI=1S/C21H26N4O4/c1-2-3-12-23-14-18-11-10-17(29-18)9-6-15-4-7-16(8-5-15)20(26)24-19(13-22)21(27)25-28/h4-5,7-8,10-11,19,23,28H,2-3,12-14,22H2,1H3,(H,24,26)(H,25,27). The van der Waals surface area contributed by atoms with Crippen LogP contribution in [0.2, 0.25) is 0 Å². The minimum atomic E-state index is -1.02. The highest BCUT2D eigenvalue weighted by atomic mass is 16.5. The van der Waals surface area contributed by atoms with Gasteiger partial charge >= 0.3 is 0 Å². The van der Waals surface area contributed by atoms with Crippen LogP contribution in [0.15, 0.2) is 40.8 Å². The second-order valence-corrected chi connectivity index (χ2v) is 6.36. The van der Waals surface area contributed by atoms with E-state index in [2.05, 4.69) is 29.4 Å². The molecule has 0 aliphatic carbocycles. The van der Waals surface area contributed by atoms with Crippen LogP contribution in [-0.4, -0.2) is 36.2 Å². The maximum absolute atomic E-state index is 12.2. The lowest BCUT2D eigenvalue weighted by Crippen LogP contribution is -2.50. The Morgan fingerprint density at radius 2 is 1.93 bits per heavy atom. The molecule has 1 atom stereocenters. The molecule has 1 aromatic heterocycles. The van der Waals surface area contributed by atoms with Gasteiger partial charge in [-0.3, -0.25) is 14.8 Å². The van der Waals surface area contributed by atoms with Crippen LogP contribution in [0, 0.1) is 11.8 Å². The summed E-state index contributed by atoms with van der Waals surface area (Å²) in [4.78, 5) is 23.6. The smallest absolute Gasteiger partial charge is 0.267 e. The molecule has 0 fully saturated rings. The Morgan fingerprint density at radius 1 is 1.17 bits per heavy atom. The van der Waals surface area contributed by atoms with E-state index in [-0.39, 0.29) is 6.54 Å². The molecule has 8 nitrogen and oxygen atoms in total. The third-order valence-corrected chi connectivity index (χ3v) is 4.11. The van der Waals surface area contributed by atoms with Crippen LogP contribution < -0.4 is 21.8 Å². The van der Waals surface area contributed by atoms with E-state index in [4.69, 9.17) is 15.4 Å². The van der Waals surface area contributed by atoms with Gasteiger partial charge in [-0.2, -0.15) is 0 Å². The highest BCUT2D eigenvalue weighted by Crippen LogP contribution is 2.08. The molecule has 6 N–H and O–H groups in total. The molecule has 2 rings (SSSR count). The van der Waals surface area contributed by atoms with Crippen molar-refractivity contribution < 1.29 is 19.2 Å². The first kappa shape index (κ1) is 22.2. The van der Waals surface area contributed by atoms with Crippen molar-refractivity contribution in [2.24, 2.45) is 5.73 Å². The molecule has 154 valence electrons. The van der Waals surface area contributed by atoms with Crippen LogP contribution in [0.1, 0.15) is 47.2 Å². The Morgan fingerprint density at radius 3 is 2.59 bits per heavy atom. The third kappa shape index (κ3) is 7.08. The zero-order chi connectivity index (χ0) is 21.1. The second kappa shape index (κ2) is 11.7. The predicted octanol–water partition coefficient (Wildman–Crippen LogP) is 1.13. The molecule has 29 heavy (non-hydrogen) atoms. The van der Waals surface area contributed by atoms with Gasteiger partial charge in [0.1, 0.15) is 11.8 Å². The van der Waals surface area contributed by atoms with Gasteiger partial charge in [0.25, 0.3) is 11.8 Å². The van der Waals surface area contributed by atoms with Crippen LogP contribution in [-0.2, 0) is 11.3 Å². The number of nitrogens with two attached hydrogens (primary N) is 1. The number of furan rings is 1. The first-order valence-corrected chi connectivity index (χ1v) is 9.43. The molecular formula is C21H26N4O4. The molecule has 2 amide bonds. The molecule has 0 aliphatic heterocycles. The van der Waals surface area contributed by atoms with Crippen LogP contribution in [0.5, 0.6) is 0 Å². The third-order valence-electron chi connectivity index (χ3n) is 4.11. The highest BCUT2D eigenvalue weighted by Gasteiger charge is 2.19. The molecule has 1 aromatic carbocycles. The normalized spacial score (nSPS) is 11.3. The van der Waals surface area contributed by atoms with Gasteiger partial charge < -0.3 is 20.8 Å². The Bertz CT molecular complexity index is 865. The number of amides is 2. The van der Waals surface area contributed by atoms with E-state index in [0.717, 1.165) is 25.1 Å². The van der Waals surface area contributed by atoms with Crippen molar-refractivity contribution in [3.05, 3.63) is 59.0 Å². The van der Waals surface area contributed by atoms with Gasteiger partial charge in [-0.15, -0.1) is 0 Å². The molecular weight excluding hydrogens is 372 g/mol. The Balaban J connectivity index is 1.93. The Labute approximate surface area is 169 Å². The maximum atomic E-state index is 12.2. The lowest BCUT2D eigenvalue weighted by Gasteiger charge is -2.14. The van der Waals surface area contributed by atoms with Crippen molar-refractivity contribution in [1.29, 1.82) is 0 Å². The van der Waals surface area contributed by atoms with E-state index < -0.39 is 17.9 Å². The molecule has 8 heteroatoms. The summed E-state index contributed by atoms with van der Waals surface area (Å²) in [7, 11) is 0. The average molecular weight is 398 g/mol. The summed E-state index contributed by atoms with van der Waals surface area (Å²) >= 11 is 0. The average Bonchev–Trinajstić information content (AvgIpc) is 3.21. The van der Waals surface area contributed by atoms with E-state index in [1.54, 1.807) is 24.3 Å². The number of carbonyl (C=O) groups is 2. The number of nitrogens with one attached hydrogen (secondary N) is 3. The molecule has 1 heterocycles. The van der Waals surface area contributed by atoms with Gasteiger partial charge in [-0.05, 0) is 55.3 Å². The zero-order valence-corrected chi connectivity index (χ0v) is 16.3. The summed E-state index contributed by atoms with van der Waals surface area (Å²) in [5.41, 5.74) is 7.94. The van der Waals surface area contributed by atoms with Gasteiger partial charge in [-0.1, -0.05) is 19.3 Å². The van der Waals surface area contributed by atoms with Crippen LogP contribution in [0.25, 0.3) is 0 Å². The van der Waals surface area contributed by atoms with Crippen molar-refractivity contribution in [2.75, 3.05) is 13.1 Å². The molecule has 0 radical (unpaired) electrons. The van der Waals surface area contributed by atoms with E-state index in [1.807, 2.05) is 12.1 Å². The van der Waals surface area contributed by atoms with Gasteiger partial charge in [0, 0.05) is 17.7 Å². The summed E-state index contributed by atoms with van der Waals surface area (Å²) < 4.78 is 5.67. The number of hydrogen-bond donors (Lipinski definition) is 5. The monoisotopic (exact) mass is 398 g/mol. The lowest BCUT2D eigenvalue weighted by atomic mass is 10.1. The van der Waals surface area contributed by atoms with Gasteiger partial charge in [0.05, 0.1) is 6.54 Å². The minimum absolute atomic E-state index is 0.138. The van der Waals surface area contributed by atoms with Crippen LogP contribution in [0.3, 0.4) is 0 Å². The molecule has 2 aromatic rings. The quantitative estimate of drug-likeness (QED) is 0.186. The second-order valence-electron chi connectivity index (χ2n) is 6.36. The fourth-order valence-corrected chi connectivity index (χ4v) is 2.44. The first-order valence-electron chi connectivity index (χ1n) is 9.43. The van der Waals surface area contributed by atoms with Crippen LogP contribution >= 0.6 is 0 Å². The largest absolute Gasteiger partial charge is 0.451 e. The van der Waals surface area contributed by atoms with Crippen molar-refractivity contribution in [3.8, 4) is 11.8 Å². The summed E-state index contributed by atoms with van der Waals surface area (Å²) in [6.07, 6.45) is 2.27. The molecule has 0 spiro atoms. The minimum Gasteiger partial charge on any atom is -0.451 e. The van der Waals surface area contributed by atoms with Crippen LogP contribution in [0.4, 0.5) is 0 Å². The molecule has 0 saturated heterocycles. The zero-order valence-electron chi connectivity index (χ0n) is 16.3. The molecule has 0 aliphatic rings. The van der Waals surface area contributed by atoms with Crippen molar-refractivity contribution in [1.82, 2.24) is 16.1 Å². The predicted molar refractivity (Wildman–Crippen MR) is 108 cm³/mol. The fraction of sp³-hybridized carbons (Fsp3) is 0.333. The molecule has 1 unspecified atom stereocenters. The van der Waals surface area contributed by atoms with E-state index in [9.17, 15) is 9.59 Å². The lowest BCUT2D eigenvalue weighted by molar-refractivity contribution is -0.130. The molecule has 0 saturated carbocycles. The summed E-state index contributed by atoms with van der Waals surface area (Å²) in [6.45, 7) is 3.63. The number of carbonyl (C=O) groups excluding carboxylic acids is 2.